The molecule has 0 spiro atoms. The Morgan fingerprint density at radius 2 is 1.78 bits per heavy atom. The van der Waals surface area contributed by atoms with Crippen LogP contribution in [-0.4, -0.2) is 59.5 Å². The molecule has 5 nitrogen and oxygen atoms in total. The highest BCUT2D eigenvalue weighted by molar-refractivity contribution is 5.89. The summed E-state index contributed by atoms with van der Waals surface area (Å²) in [5, 5.41) is 8.91. The van der Waals surface area contributed by atoms with Crippen LogP contribution in [0.25, 0.3) is 0 Å². The van der Waals surface area contributed by atoms with Crippen molar-refractivity contribution in [1.29, 1.82) is 0 Å². The van der Waals surface area contributed by atoms with Crippen molar-refractivity contribution in [3.63, 3.8) is 0 Å². The van der Waals surface area contributed by atoms with Crippen LogP contribution >= 0.6 is 0 Å². The Balaban J connectivity index is 1.73. The highest BCUT2D eigenvalue weighted by Crippen LogP contribution is 2.45. The third-order valence-electron chi connectivity index (χ3n) is 5.05. The Hall–Kier alpha value is -1.95. The summed E-state index contributed by atoms with van der Waals surface area (Å²) in [6.45, 7) is 1.29. The van der Waals surface area contributed by atoms with E-state index in [1.54, 1.807) is 15.9 Å². The topological polar surface area (TPSA) is 60.9 Å². The van der Waals surface area contributed by atoms with E-state index in [1.165, 1.54) is 12.1 Å². The molecule has 1 aliphatic carbocycles. The standard InChI is InChI=1S/C17H21FN2O3/c18-14-4-1-3-13(11-14)17(5-2-6-17)16(23)20-9-7-19(8-10-20)15(22)12-21/h1,3-4,11,21H,2,5-10,12H2. The highest BCUT2D eigenvalue weighted by Gasteiger charge is 2.48. The van der Waals surface area contributed by atoms with Crippen molar-refractivity contribution in [3.05, 3.63) is 35.6 Å². The van der Waals surface area contributed by atoms with Gasteiger partial charge in [-0.1, -0.05) is 18.6 Å². The van der Waals surface area contributed by atoms with E-state index in [2.05, 4.69) is 0 Å². The first-order chi connectivity index (χ1) is 11.1. The summed E-state index contributed by atoms with van der Waals surface area (Å²) >= 11 is 0. The zero-order valence-electron chi connectivity index (χ0n) is 13.0. The highest BCUT2D eigenvalue weighted by atomic mass is 19.1. The lowest BCUT2D eigenvalue weighted by Crippen LogP contribution is -2.57. The molecule has 0 unspecified atom stereocenters. The fraction of sp³-hybridized carbons (Fsp3) is 0.529. The Labute approximate surface area is 134 Å². The average Bonchev–Trinajstić information content (AvgIpc) is 2.53. The number of aliphatic hydroxyl groups excluding tert-OH is 1. The molecule has 23 heavy (non-hydrogen) atoms. The van der Waals surface area contributed by atoms with Gasteiger partial charge in [0.05, 0.1) is 5.41 Å². The SMILES string of the molecule is O=C(CO)N1CCN(C(=O)C2(c3cccc(F)c3)CCC2)CC1. The number of benzene rings is 1. The Morgan fingerprint density at radius 3 is 2.30 bits per heavy atom. The number of rotatable bonds is 3. The number of carbonyl (C=O) groups excluding carboxylic acids is 2. The normalized spacial score (nSPS) is 20.1. The van der Waals surface area contributed by atoms with E-state index in [4.69, 9.17) is 5.11 Å². The van der Waals surface area contributed by atoms with Gasteiger partial charge in [0.1, 0.15) is 12.4 Å². The Morgan fingerprint density at radius 1 is 1.13 bits per heavy atom. The van der Waals surface area contributed by atoms with Gasteiger partial charge in [-0.05, 0) is 30.5 Å². The van der Waals surface area contributed by atoms with Crippen molar-refractivity contribution < 1.29 is 19.1 Å². The van der Waals surface area contributed by atoms with Gasteiger partial charge in [0.2, 0.25) is 11.8 Å². The molecule has 0 radical (unpaired) electrons. The van der Waals surface area contributed by atoms with Crippen molar-refractivity contribution in [2.24, 2.45) is 0 Å². The van der Waals surface area contributed by atoms with E-state index >= 15 is 0 Å². The molecule has 2 amide bonds. The van der Waals surface area contributed by atoms with Crippen LogP contribution in [0.5, 0.6) is 0 Å². The second-order valence-electron chi connectivity index (χ2n) is 6.28. The molecule has 1 saturated carbocycles. The maximum Gasteiger partial charge on any atom is 0.248 e. The van der Waals surface area contributed by atoms with Crippen LogP contribution in [0.1, 0.15) is 24.8 Å². The largest absolute Gasteiger partial charge is 0.387 e. The summed E-state index contributed by atoms with van der Waals surface area (Å²) in [6.07, 6.45) is 2.45. The minimum absolute atomic E-state index is 0.0328. The molecule has 3 rings (SSSR count). The van der Waals surface area contributed by atoms with Crippen LogP contribution in [0.3, 0.4) is 0 Å². The molecule has 124 valence electrons. The number of hydrogen-bond acceptors (Lipinski definition) is 3. The first-order valence-electron chi connectivity index (χ1n) is 8.01. The molecule has 1 saturated heterocycles. The van der Waals surface area contributed by atoms with Gasteiger partial charge >= 0.3 is 0 Å². The van der Waals surface area contributed by atoms with Crippen LogP contribution in [0.15, 0.2) is 24.3 Å². The van der Waals surface area contributed by atoms with Crippen molar-refractivity contribution in [2.75, 3.05) is 32.8 Å². The number of amides is 2. The van der Waals surface area contributed by atoms with Gasteiger partial charge < -0.3 is 14.9 Å². The van der Waals surface area contributed by atoms with Gasteiger partial charge in [0, 0.05) is 26.2 Å². The molecule has 6 heteroatoms. The third-order valence-corrected chi connectivity index (χ3v) is 5.05. The minimum atomic E-state index is -0.606. The lowest BCUT2D eigenvalue weighted by Gasteiger charge is -2.46. The number of halogens is 1. The van der Waals surface area contributed by atoms with Gasteiger partial charge in [0.25, 0.3) is 0 Å². The van der Waals surface area contributed by atoms with Crippen molar-refractivity contribution in [1.82, 2.24) is 9.80 Å². The van der Waals surface area contributed by atoms with Crippen LogP contribution in [-0.2, 0) is 15.0 Å². The van der Waals surface area contributed by atoms with Gasteiger partial charge in [-0.2, -0.15) is 0 Å². The van der Waals surface area contributed by atoms with E-state index < -0.39 is 12.0 Å². The minimum Gasteiger partial charge on any atom is -0.387 e. The van der Waals surface area contributed by atoms with Crippen LogP contribution in [0, 0.1) is 5.82 Å². The second kappa shape index (κ2) is 6.28. The average molecular weight is 320 g/mol. The first kappa shape index (κ1) is 15.9. The van der Waals surface area contributed by atoms with Crippen LogP contribution in [0.4, 0.5) is 4.39 Å². The van der Waals surface area contributed by atoms with Gasteiger partial charge in [-0.25, -0.2) is 4.39 Å². The van der Waals surface area contributed by atoms with E-state index in [0.717, 1.165) is 24.8 Å². The molecule has 0 bridgehead atoms. The molecule has 1 aromatic carbocycles. The molecule has 1 N–H and O–H groups in total. The Kier molecular flexibility index (Phi) is 4.35. The fourth-order valence-electron chi connectivity index (χ4n) is 3.50. The van der Waals surface area contributed by atoms with Gasteiger partial charge in [-0.3, -0.25) is 9.59 Å². The summed E-state index contributed by atoms with van der Waals surface area (Å²) in [6, 6.07) is 6.32. The van der Waals surface area contributed by atoms with Gasteiger partial charge in [-0.15, -0.1) is 0 Å². The molecular weight excluding hydrogens is 299 g/mol. The third kappa shape index (κ3) is 2.83. The van der Waals surface area contributed by atoms with Crippen LogP contribution < -0.4 is 0 Å². The molecule has 0 aromatic heterocycles. The maximum atomic E-state index is 13.5. The van der Waals surface area contributed by atoms with E-state index in [9.17, 15) is 14.0 Å². The first-order valence-corrected chi connectivity index (χ1v) is 8.01. The van der Waals surface area contributed by atoms with Crippen molar-refractivity contribution in [2.45, 2.75) is 24.7 Å². The summed E-state index contributed by atoms with van der Waals surface area (Å²) in [7, 11) is 0. The molecule has 1 aliphatic heterocycles. The molecular formula is C17H21FN2O3. The zero-order valence-corrected chi connectivity index (χ0v) is 13.0. The summed E-state index contributed by atoms with van der Waals surface area (Å²) in [5.74, 6) is -0.592. The van der Waals surface area contributed by atoms with E-state index in [1.807, 2.05) is 6.07 Å². The van der Waals surface area contributed by atoms with Crippen molar-refractivity contribution >= 4 is 11.8 Å². The monoisotopic (exact) mass is 320 g/mol. The van der Waals surface area contributed by atoms with Gasteiger partial charge in [0.15, 0.2) is 0 Å². The zero-order chi connectivity index (χ0) is 16.4. The molecule has 2 fully saturated rings. The maximum absolute atomic E-state index is 13.5. The summed E-state index contributed by atoms with van der Waals surface area (Å²) in [5.41, 5.74) is 0.147. The quantitative estimate of drug-likeness (QED) is 0.900. The molecule has 1 aromatic rings. The number of piperazine rings is 1. The van der Waals surface area contributed by atoms with E-state index in [-0.39, 0.29) is 17.6 Å². The van der Waals surface area contributed by atoms with Crippen molar-refractivity contribution in [3.8, 4) is 0 Å². The summed E-state index contributed by atoms with van der Waals surface area (Å²) < 4.78 is 13.5. The predicted molar refractivity (Wildman–Crippen MR) is 82.2 cm³/mol. The predicted octanol–water partition coefficient (Wildman–Crippen LogP) is 0.911. The summed E-state index contributed by atoms with van der Waals surface area (Å²) in [4.78, 5) is 27.8. The van der Waals surface area contributed by atoms with Crippen LogP contribution in [0.2, 0.25) is 0 Å². The second-order valence-corrected chi connectivity index (χ2v) is 6.28. The fourth-order valence-corrected chi connectivity index (χ4v) is 3.50. The number of aliphatic hydroxyl groups is 1. The smallest absolute Gasteiger partial charge is 0.248 e. The molecule has 0 atom stereocenters. The number of hydrogen-bond donors (Lipinski definition) is 1. The van der Waals surface area contributed by atoms with E-state index in [0.29, 0.717) is 26.2 Å². The number of carbonyl (C=O) groups is 2. The molecule has 2 aliphatic rings. The number of nitrogens with zero attached hydrogens (tertiary/aromatic N) is 2. The lowest BCUT2D eigenvalue weighted by molar-refractivity contribution is -0.146. The molecule has 1 heterocycles. The Bertz CT molecular complexity index is 608. The lowest BCUT2D eigenvalue weighted by atomic mass is 9.63.